The van der Waals surface area contributed by atoms with Crippen LogP contribution in [0, 0.1) is 0 Å². The molecule has 0 saturated carbocycles. The highest BCUT2D eigenvalue weighted by Crippen LogP contribution is 2.44. The summed E-state index contributed by atoms with van der Waals surface area (Å²) in [6.07, 6.45) is 4.02. The second-order valence-electron chi connectivity index (χ2n) is 8.84. The predicted octanol–water partition coefficient (Wildman–Crippen LogP) is 4.94. The van der Waals surface area contributed by atoms with Crippen LogP contribution in [0.2, 0.25) is 0 Å². The van der Waals surface area contributed by atoms with Gasteiger partial charge in [0.25, 0.3) is 0 Å². The number of aromatic hydroxyl groups is 3. The molecule has 0 amide bonds. The van der Waals surface area contributed by atoms with Crippen molar-refractivity contribution in [2.75, 3.05) is 0 Å². The Labute approximate surface area is 182 Å². The summed E-state index contributed by atoms with van der Waals surface area (Å²) in [5, 5.41) is 40.5. The van der Waals surface area contributed by atoms with Crippen LogP contribution in [0.5, 0.6) is 23.0 Å². The number of aliphatic hydroxyl groups is 1. The Hall–Kier alpha value is -2.99. The lowest BCUT2D eigenvalue weighted by Crippen LogP contribution is -2.20. The van der Waals surface area contributed by atoms with Crippen LogP contribution < -0.4 is 4.74 Å². The average Bonchev–Trinajstić information content (AvgIpc) is 2.66. The lowest BCUT2D eigenvalue weighted by molar-refractivity contribution is 0.0689. The Morgan fingerprint density at radius 1 is 1.19 bits per heavy atom. The van der Waals surface area contributed by atoms with E-state index in [2.05, 4.69) is 0 Å². The molecule has 3 rings (SSSR count). The van der Waals surface area contributed by atoms with Gasteiger partial charge >= 0.3 is 0 Å². The first-order valence-corrected chi connectivity index (χ1v) is 10.5. The van der Waals surface area contributed by atoms with Crippen LogP contribution in [0.3, 0.4) is 0 Å². The standard InChI is InChI=1S/C25H30O6/c1-15(5-4-12-25(2,3)30)6-11-18-19(27)13-22-23(24(18)29)20(28)14-21(31-22)16-7-9-17(26)10-8-16/h6-10,13,21,26-27,29-30H,4-5,11-12,14H2,1-3H3. The van der Waals surface area contributed by atoms with Crippen molar-refractivity contribution in [1.82, 2.24) is 0 Å². The molecule has 0 fully saturated rings. The molecule has 0 saturated heterocycles. The normalized spacial score (nSPS) is 16.7. The van der Waals surface area contributed by atoms with Gasteiger partial charge in [0.1, 0.15) is 34.7 Å². The van der Waals surface area contributed by atoms with Gasteiger partial charge in [0.15, 0.2) is 5.78 Å². The van der Waals surface area contributed by atoms with Gasteiger partial charge in [-0.25, -0.2) is 0 Å². The highest BCUT2D eigenvalue weighted by Gasteiger charge is 2.32. The summed E-state index contributed by atoms with van der Waals surface area (Å²) in [6, 6.07) is 7.78. The zero-order valence-corrected chi connectivity index (χ0v) is 18.2. The van der Waals surface area contributed by atoms with E-state index in [9.17, 15) is 25.2 Å². The molecular formula is C25H30O6. The molecule has 0 aliphatic carbocycles. The number of carbonyl (C=O) groups is 1. The first-order valence-electron chi connectivity index (χ1n) is 10.5. The number of phenols is 3. The highest BCUT2D eigenvalue weighted by molar-refractivity contribution is 6.03. The zero-order chi connectivity index (χ0) is 22.8. The summed E-state index contributed by atoms with van der Waals surface area (Å²) < 4.78 is 5.89. The van der Waals surface area contributed by atoms with Gasteiger partial charge in [-0.3, -0.25) is 4.79 Å². The van der Waals surface area contributed by atoms with E-state index in [0.717, 1.165) is 24.0 Å². The molecule has 1 unspecified atom stereocenters. The SMILES string of the molecule is CC(=CCc1c(O)cc2c(c1O)C(=O)CC(c1ccc(O)cc1)O2)CCCC(C)(C)O. The van der Waals surface area contributed by atoms with Crippen molar-refractivity contribution < 1.29 is 30.0 Å². The Kier molecular flexibility index (Phi) is 6.60. The smallest absolute Gasteiger partial charge is 0.174 e. The van der Waals surface area contributed by atoms with Crippen molar-refractivity contribution >= 4 is 5.78 Å². The molecule has 0 bridgehead atoms. The summed E-state index contributed by atoms with van der Waals surface area (Å²) in [4.78, 5) is 12.8. The van der Waals surface area contributed by atoms with Crippen LogP contribution in [-0.2, 0) is 6.42 Å². The maximum absolute atomic E-state index is 12.8. The molecule has 2 aromatic rings. The number of hydrogen-bond donors (Lipinski definition) is 4. The molecule has 0 aromatic heterocycles. The van der Waals surface area contributed by atoms with Gasteiger partial charge < -0.3 is 25.2 Å². The summed E-state index contributed by atoms with van der Waals surface area (Å²) >= 11 is 0. The van der Waals surface area contributed by atoms with Crippen LogP contribution in [0.15, 0.2) is 42.0 Å². The van der Waals surface area contributed by atoms with Gasteiger partial charge in [-0.05, 0) is 64.2 Å². The van der Waals surface area contributed by atoms with E-state index >= 15 is 0 Å². The van der Waals surface area contributed by atoms with Crippen molar-refractivity contribution in [3.63, 3.8) is 0 Å². The van der Waals surface area contributed by atoms with E-state index in [1.54, 1.807) is 26.0 Å². The van der Waals surface area contributed by atoms with E-state index in [1.807, 2.05) is 13.0 Å². The molecule has 1 atom stereocenters. The molecule has 0 spiro atoms. The third-order valence-corrected chi connectivity index (χ3v) is 5.54. The molecule has 4 N–H and O–H groups in total. The molecular weight excluding hydrogens is 396 g/mol. The zero-order valence-electron chi connectivity index (χ0n) is 18.2. The van der Waals surface area contributed by atoms with Crippen LogP contribution >= 0.6 is 0 Å². The Balaban J connectivity index is 1.77. The molecule has 6 nitrogen and oxygen atoms in total. The van der Waals surface area contributed by atoms with Gasteiger partial charge in [0.05, 0.1) is 12.0 Å². The molecule has 2 aromatic carbocycles. The van der Waals surface area contributed by atoms with E-state index in [-0.39, 0.29) is 47.2 Å². The summed E-state index contributed by atoms with van der Waals surface area (Å²) in [5.74, 6) is -0.363. The fraction of sp³-hybridized carbons (Fsp3) is 0.400. The molecule has 166 valence electrons. The number of carbonyl (C=O) groups excluding carboxylic acids is 1. The van der Waals surface area contributed by atoms with Gasteiger partial charge in [0.2, 0.25) is 0 Å². The van der Waals surface area contributed by atoms with Gasteiger partial charge in [-0.15, -0.1) is 0 Å². The van der Waals surface area contributed by atoms with E-state index in [0.29, 0.717) is 12.0 Å². The van der Waals surface area contributed by atoms with Crippen molar-refractivity contribution in [3.05, 3.63) is 58.7 Å². The fourth-order valence-electron chi connectivity index (χ4n) is 3.75. The largest absolute Gasteiger partial charge is 0.508 e. The predicted molar refractivity (Wildman–Crippen MR) is 118 cm³/mol. The number of rotatable bonds is 7. The molecule has 0 radical (unpaired) electrons. The summed E-state index contributed by atoms with van der Waals surface area (Å²) in [5.41, 5.74) is 1.49. The quantitative estimate of drug-likeness (QED) is 0.467. The maximum Gasteiger partial charge on any atom is 0.174 e. The third kappa shape index (κ3) is 5.58. The maximum atomic E-state index is 12.8. The Bertz CT molecular complexity index is 983. The Morgan fingerprint density at radius 3 is 2.52 bits per heavy atom. The van der Waals surface area contributed by atoms with Crippen molar-refractivity contribution in [3.8, 4) is 23.0 Å². The van der Waals surface area contributed by atoms with E-state index in [4.69, 9.17) is 4.74 Å². The number of benzene rings is 2. The second-order valence-corrected chi connectivity index (χ2v) is 8.84. The van der Waals surface area contributed by atoms with E-state index < -0.39 is 11.7 Å². The van der Waals surface area contributed by atoms with Crippen LogP contribution in [0.25, 0.3) is 0 Å². The van der Waals surface area contributed by atoms with Crippen LogP contribution in [-0.4, -0.2) is 31.8 Å². The van der Waals surface area contributed by atoms with Crippen LogP contribution in [0.1, 0.15) is 74.0 Å². The first kappa shape index (κ1) is 22.7. The highest BCUT2D eigenvalue weighted by atomic mass is 16.5. The lowest BCUT2D eigenvalue weighted by atomic mass is 9.92. The molecule has 6 heteroatoms. The molecule has 1 heterocycles. The van der Waals surface area contributed by atoms with Gasteiger partial charge in [0, 0.05) is 11.6 Å². The monoisotopic (exact) mass is 426 g/mol. The minimum absolute atomic E-state index is 0.0569. The average molecular weight is 427 g/mol. The lowest BCUT2D eigenvalue weighted by Gasteiger charge is -2.27. The number of phenolic OH excluding ortho intramolecular Hbond substituents is 3. The van der Waals surface area contributed by atoms with Crippen LogP contribution in [0.4, 0.5) is 0 Å². The Morgan fingerprint density at radius 2 is 1.87 bits per heavy atom. The van der Waals surface area contributed by atoms with Crippen molar-refractivity contribution in [2.45, 2.75) is 64.6 Å². The topological polar surface area (TPSA) is 107 Å². The summed E-state index contributed by atoms with van der Waals surface area (Å²) in [7, 11) is 0. The van der Waals surface area contributed by atoms with Crippen molar-refractivity contribution in [2.24, 2.45) is 0 Å². The van der Waals surface area contributed by atoms with Gasteiger partial charge in [-0.1, -0.05) is 23.8 Å². The molecule has 1 aliphatic rings. The fourth-order valence-corrected chi connectivity index (χ4v) is 3.75. The third-order valence-electron chi connectivity index (χ3n) is 5.54. The van der Waals surface area contributed by atoms with Crippen molar-refractivity contribution in [1.29, 1.82) is 0 Å². The number of allylic oxidation sites excluding steroid dienone is 2. The summed E-state index contributed by atoms with van der Waals surface area (Å²) in [6.45, 7) is 5.52. The number of fused-ring (bicyclic) bond motifs is 1. The number of Topliss-reactive ketones (excluding diaryl/α,β-unsaturated/α-hetero) is 1. The molecule has 31 heavy (non-hydrogen) atoms. The van der Waals surface area contributed by atoms with E-state index in [1.165, 1.54) is 18.2 Å². The number of ether oxygens (including phenoxy) is 1. The van der Waals surface area contributed by atoms with Gasteiger partial charge in [-0.2, -0.15) is 0 Å². The number of hydrogen-bond acceptors (Lipinski definition) is 6. The first-order chi connectivity index (χ1) is 14.5. The second kappa shape index (κ2) is 9.02. The number of ketones is 1. The minimum atomic E-state index is -0.701. The minimum Gasteiger partial charge on any atom is -0.508 e. The molecule has 1 aliphatic heterocycles.